The van der Waals surface area contributed by atoms with Crippen molar-refractivity contribution in [3.8, 4) is 0 Å². The molecule has 0 saturated carbocycles. The number of aliphatic hydroxyl groups is 1. The molecule has 6 nitrogen and oxygen atoms in total. The number of aliphatic imine (C=N–C) groups is 1. The lowest BCUT2D eigenvalue weighted by molar-refractivity contribution is 0.186. The fraction of sp³-hybridized carbons (Fsp3) is 0.0556. The van der Waals surface area contributed by atoms with Gasteiger partial charge in [-0.05, 0) is 30.3 Å². The minimum absolute atomic E-state index is 0.373. The number of para-hydroxylation sites is 1. The Bertz CT molecular complexity index is 917. The third-order valence-electron chi connectivity index (χ3n) is 3.82. The maximum absolute atomic E-state index is 13.6. The molecule has 2 heterocycles. The van der Waals surface area contributed by atoms with Crippen molar-refractivity contribution in [2.75, 3.05) is 10.2 Å². The zero-order valence-electron chi connectivity index (χ0n) is 13.0. The molecule has 1 aliphatic heterocycles. The summed E-state index contributed by atoms with van der Waals surface area (Å²) in [6, 6.07) is 13.5. The molecular formula is C18H14FN5O. The molecular weight excluding hydrogens is 321 g/mol. The van der Waals surface area contributed by atoms with E-state index in [1.165, 1.54) is 24.5 Å². The van der Waals surface area contributed by atoms with Crippen molar-refractivity contribution in [3.63, 3.8) is 0 Å². The van der Waals surface area contributed by atoms with Crippen molar-refractivity contribution in [3.05, 3.63) is 78.5 Å². The molecule has 7 heteroatoms. The Morgan fingerprint density at radius 1 is 1.12 bits per heavy atom. The van der Waals surface area contributed by atoms with Crippen molar-refractivity contribution >= 4 is 23.2 Å². The van der Waals surface area contributed by atoms with Gasteiger partial charge >= 0.3 is 0 Å². The Hall–Kier alpha value is -3.32. The molecule has 0 spiro atoms. The van der Waals surface area contributed by atoms with E-state index in [0.717, 1.165) is 0 Å². The molecule has 0 radical (unpaired) electrons. The Labute approximate surface area is 143 Å². The van der Waals surface area contributed by atoms with E-state index < -0.39 is 12.0 Å². The molecule has 4 rings (SSSR count). The number of nitrogens with zero attached hydrogens (tertiary/aromatic N) is 4. The van der Waals surface area contributed by atoms with Gasteiger partial charge in [0, 0.05) is 29.3 Å². The van der Waals surface area contributed by atoms with Crippen molar-refractivity contribution in [2.24, 2.45) is 4.99 Å². The van der Waals surface area contributed by atoms with Gasteiger partial charge < -0.3 is 10.4 Å². The molecule has 0 bridgehead atoms. The first-order valence-corrected chi connectivity index (χ1v) is 7.66. The summed E-state index contributed by atoms with van der Waals surface area (Å²) in [5.41, 5.74) is 1.73. The standard InChI is InChI=1S/C18H14FN5O/c19-12-6-7-15-14(10-12)17(25)24(13-4-2-1-3-5-13)18(22-15)23-16-11-20-8-9-21-16/h1-11,17,25H,(H,21,22,23). The van der Waals surface area contributed by atoms with Crippen LogP contribution in [0.1, 0.15) is 11.8 Å². The summed E-state index contributed by atoms with van der Waals surface area (Å²) in [5, 5.41) is 14.0. The zero-order valence-corrected chi connectivity index (χ0v) is 13.0. The minimum Gasteiger partial charge on any atom is -0.369 e. The lowest BCUT2D eigenvalue weighted by atomic mass is 10.1. The van der Waals surface area contributed by atoms with E-state index in [4.69, 9.17) is 0 Å². The van der Waals surface area contributed by atoms with Gasteiger partial charge in [-0.3, -0.25) is 9.88 Å². The zero-order chi connectivity index (χ0) is 17.2. The smallest absolute Gasteiger partial charge is 0.212 e. The van der Waals surface area contributed by atoms with Gasteiger partial charge in [0.25, 0.3) is 0 Å². The molecule has 0 aliphatic carbocycles. The predicted octanol–water partition coefficient (Wildman–Crippen LogP) is 3.23. The molecule has 0 fully saturated rings. The molecule has 2 N–H and O–H groups in total. The number of hydrogen-bond acceptors (Lipinski definition) is 4. The second kappa shape index (κ2) is 6.29. The molecule has 0 amide bonds. The number of hydrogen-bond donors (Lipinski definition) is 2. The third kappa shape index (κ3) is 2.92. The summed E-state index contributed by atoms with van der Waals surface area (Å²) in [6.07, 6.45) is 3.52. The number of nitrogens with one attached hydrogen (secondary N) is 1. The van der Waals surface area contributed by atoms with Crippen LogP contribution in [0.4, 0.5) is 21.6 Å². The number of aliphatic hydroxyl groups excluding tert-OH is 1. The first-order chi connectivity index (χ1) is 12.2. The molecule has 1 unspecified atom stereocenters. The first-order valence-electron chi connectivity index (χ1n) is 7.66. The second-order valence-corrected chi connectivity index (χ2v) is 5.43. The summed E-state index contributed by atoms with van der Waals surface area (Å²) in [6.45, 7) is 0. The van der Waals surface area contributed by atoms with Crippen molar-refractivity contribution in [1.82, 2.24) is 9.97 Å². The van der Waals surface area contributed by atoms with Gasteiger partial charge in [-0.15, -0.1) is 0 Å². The molecule has 1 atom stereocenters. The number of halogens is 1. The van der Waals surface area contributed by atoms with Crippen molar-refractivity contribution < 1.29 is 9.50 Å². The van der Waals surface area contributed by atoms with Crippen LogP contribution in [0, 0.1) is 5.82 Å². The van der Waals surface area contributed by atoms with Gasteiger partial charge in [-0.2, -0.15) is 4.99 Å². The van der Waals surface area contributed by atoms with E-state index in [1.54, 1.807) is 17.2 Å². The highest BCUT2D eigenvalue weighted by Crippen LogP contribution is 2.35. The first kappa shape index (κ1) is 15.2. The van der Waals surface area contributed by atoms with Crippen LogP contribution in [0.3, 0.4) is 0 Å². The summed E-state index contributed by atoms with van der Waals surface area (Å²) in [5.74, 6) is 0.351. The van der Waals surface area contributed by atoms with Crippen LogP contribution in [0.25, 0.3) is 0 Å². The van der Waals surface area contributed by atoms with Crippen LogP contribution in [0.15, 0.2) is 72.1 Å². The summed E-state index contributed by atoms with van der Waals surface area (Å²) < 4.78 is 13.6. The number of anilines is 2. The summed E-state index contributed by atoms with van der Waals surface area (Å²) >= 11 is 0. The van der Waals surface area contributed by atoms with Gasteiger partial charge in [-0.1, -0.05) is 18.2 Å². The van der Waals surface area contributed by atoms with Crippen LogP contribution in [-0.4, -0.2) is 21.0 Å². The number of fused-ring (bicyclic) bond motifs is 1. The van der Waals surface area contributed by atoms with Crippen LogP contribution in [0.2, 0.25) is 0 Å². The summed E-state index contributed by atoms with van der Waals surface area (Å²) in [4.78, 5) is 14.2. The minimum atomic E-state index is -1.09. The average Bonchev–Trinajstić information content (AvgIpc) is 2.64. The maximum Gasteiger partial charge on any atom is 0.212 e. The van der Waals surface area contributed by atoms with E-state index in [0.29, 0.717) is 28.7 Å². The molecule has 25 heavy (non-hydrogen) atoms. The van der Waals surface area contributed by atoms with E-state index in [1.807, 2.05) is 30.3 Å². The van der Waals surface area contributed by atoms with E-state index in [9.17, 15) is 9.50 Å². The highest BCUT2D eigenvalue weighted by atomic mass is 19.1. The van der Waals surface area contributed by atoms with Crippen LogP contribution in [-0.2, 0) is 0 Å². The lowest BCUT2D eigenvalue weighted by Crippen LogP contribution is -2.43. The Morgan fingerprint density at radius 2 is 1.96 bits per heavy atom. The fourth-order valence-corrected chi connectivity index (χ4v) is 2.69. The van der Waals surface area contributed by atoms with E-state index >= 15 is 0 Å². The largest absolute Gasteiger partial charge is 0.369 e. The van der Waals surface area contributed by atoms with Gasteiger partial charge in [0.2, 0.25) is 5.96 Å². The molecule has 1 aromatic heterocycles. The molecule has 3 aromatic rings. The van der Waals surface area contributed by atoms with Gasteiger partial charge in [0.15, 0.2) is 12.0 Å². The van der Waals surface area contributed by atoms with Crippen molar-refractivity contribution in [1.29, 1.82) is 0 Å². The second-order valence-electron chi connectivity index (χ2n) is 5.43. The Morgan fingerprint density at radius 3 is 2.72 bits per heavy atom. The summed E-state index contributed by atoms with van der Waals surface area (Å²) in [7, 11) is 0. The highest BCUT2D eigenvalue weighted by Gasteiger charge is 2.31. The molecule has 0 saturated heterocycles. The van der Waals surface area contributed by atoms with Crippen LogP contribution >= 0.6 is 0 Å². The van der Waals surface area contributed by atoms with Crippen LogP contribution in [0.5, 0.6) is 0 Å². The number of guanidine groups is 1. The Balaban J connectivity index is 1.85. The lowest BCUT2D eigenvalue weighted by Gasteiger charge is -2.36. The number of rotatable bonds is 2. The quantitative estimate of drug-likeness (QED) is 0.752. The molecule has 124 valence electrons. The number of aromatic nitrogens is 2. The SMILES string of the molecule is OC1c2cc(F)ccc2NC(=Nc2cnccn2)N1c1ccccc1. The van der Waals surface area contributed by atoms with Gasteiger partial charge in [0.1, 0.15) is 5.82 Å². The topological polar surface area (TPSA) is 73.6 Å². The maximum atomic E-state index is 13.6. The molecule has 1 aliphatic rings. The van der Waals surface area contributed by atoms with Crippen molar-refractivity contribution in [2.45, 2.75) is 6.23 Å². The predicted molar refractivity (Wildman–Crippen MR) is 93.0 cm³/mol. The monoisotopic (exact) mass is 335 g/mol. The van der Waals surface area contributed by atoms with Gasteiger partial charge in [0.05, 0.1) is 6.20 Å². The number of benzene rings is 2. The average molecular weight is 335 g/mol. The fourth-order valence-electron chi connectivity index (χ4n) is 2.69. The third-order valence-corrected chi connectivity index (χ3v) is 3.82. The normalized spacial score (nSPS) is 17.9. The van der Waals surface area contributed by atoms with E-state index in [-0.39, 0.29) is 0 Å². The van der Waals surface area contributed by atoms with Crippen LogP contribution < -0.4 is 10.2 Å². The molecule has 2 aromatic carbocycles. The van der Waals surface area contributed by atoms with E-state index in [2.05, 4.69) is 20.3 Å². The highest BCUT2D eigenvalue weighted by molar-refractivity contribution is 6.09. The Kier molecular flexibility index (Phi) is 3.83. The van der Waals surface area contributed by atoms with Gasteiger partial charge in [-0.25, -0.2) is 9.37 Å².